The van der Waals surface area contributed by atoms with Crippen molar-refractivity contribution in [2.45, 2.75) is 50.2 Å². The molecular formula is C26H33N4O4+. The Kier molecular flexibility index (Phi) is 6.36. The topological polar surface area (TPSA) is 101 Å². The lowest BCUT2D eigenvalue weighted by Gasteiger charge is -2.51. The maximum Gasteiger partial charge on any atom is 0.343 e. The molecule has 1 aliphatic carbocycles. The minimum atomic E-state index is -1.63. The monoisotopic (exact) mass is 465 g/mol. The van der Waals surface area contributed by atoms with Gasteiger partial charge in [0.25, 0.3) is 5.91 Å². The summed E-state index contributed by atoms with van der Waals surface area (Å²) in [4.78, 5) is 34.5. The van der Waals surface area contributed by atoms with E-state index in [1.165, 1.54) is 6.20 Å². The lowest BCUT2D eigenvalue weighted by Crippen LogP contribution is -2.66. The van der Waals surface area contributed by atoms with E-state index in [0.717, 1.165) is 51.6 Å². The molecule has 4 heterocycles. The summed E-state index contributed by atoms with van der Waals surface area (Å²) in [7, 11) is 0. The number of hydrogen-bond acceptors (Lipinski definition) is 6. The van der Waals surface area contributed by atoms with Crippen LogP contribution in [0.5, 0.6) is 0 Å². The molecule has 3 aliphatic heterocycles. The quantitative estimate of drug-likeness (QED) is 0.482. The maximum absolute atomic E-state index is 13.6. The first-order chi connectivity index (χ1) is 16.5. The first-order valence-corrected chi connectivity index (χ1v) is 12.4. The van der Waals surface area contributed by atoms with Crippen molar-refractivity contribution in [3.05, 3.63) is 54.5 Å². The predicted octanol–water partition coefficient (Wildman–Crippen LogP) is 2.65. The first-order valence-electron chi connectivity index (χ1n) is 12.4. The van der Waals surface area contributed by atoms with E-state index < -0.39 is 11.6 Å². The van der Waals surface area contributed by atoms with Gasteiger partial charge in [0.15, 0.2) is 24.1 Å². The molecule has 180 valence electrons. The molecule has 2 atom stereocenters. The number of quaternary nitrogens is 1. The highest BCUT2D eigenvalue weighted by atomic mass is 16.6. The number of aromatic nitrogens is 2. The van der Waals surface area contributed by atoms with Gasteiger partial charge in [-0.1, -0.05) is 43.2 Å². The zero-order valence-electron chi connectivity index (χ0n) is 19.4. The third-order valence-electron chi connectivity index (χ3n) is 8.08. The largest absolute Gasteiger partial charge is 0.454 e. The van der Waals surface area contributed by atoms with Crippen molar-refractivity contribution in [2.24, 2.45) is 11.8 Å². The molecule has 0 spiro atoms. The fraction of sp³-hybridized carbons (Fsp3) is 0.538. The summed E-state index contributed by atoms with van der Waals surface area (Å²) >= 11 is 0. The number of nitrogens with zero attached hydrogens (tertiary/aromatic N) is 3. The predicted molar refractivity (Wildman–Crippen MR) is 125 cm³/mol. The molecule has 8 heteroatoms. The average molecular weight is 466 g/mol. The standard InChI is InChI=1S/C26H32N4O4/c31-24(29-23-16-27-12-13-28-23)18-30-14-10-19(11-15-30)22(17-30)34-25(32)26(33,21-8-4-5-9-21)20-6-2-1-3-7-20/h1-3,6-7,12-13,16,19,21-22,33H,4-5,8-11,14-15,17-18H2/p+1/t19?,22?,26-,30?/m0/s1. The Morgan fingerprint density at radius 3 is 2.50 bits per heavy atom. The lowest BCUT2D eigenvalue weighted by atomic mass is 9.79. The van der Waals surface area contributed by atoms with Gasteiger partial charge >= 0.3 is 5.97 Å². The van der Waals surface area contributed by atoms with Gasteiger partial charge in [-0.3, -0.25) is 9.78 Å². The van der Waals surface area contributed by atoms with Crippen molar-refractivity contribution in [1.82, 2.24) is 9.97 Å². The van der Waals surface area contributed by atoms with Crippen LogP contribution in [0.1, 0.15) is 44.1 Å². The molecule has 4 aliphatic rings. The summed E-state index contributed by atoms with van der Waals surface area (Å²) in [6.07, 6.45) is 9.81. The Morgan fingerprint density at radius 2 is 1.82 bits per heavy atom. The molecule has 2 bridgehead atoms. The average Bonchev–Trinajstić information content (AvgIpc) is 3.40. The highest BCUT2D eigenvalue weighted by Gasteiger charge is 2.53. The Bertz CT molecular complexity index is 1000. The van der Waals surface area contributed by atoms with Gasteiger partial charge in [-0.05, 0) is 18.4 Å². The van der Waals surface area contributed by atoms with Crippen LogP contribution < -0.4 is 5.32 Å². The second-order valence-electron chi connectivity index (χ2n) is 10.2. The number of carbonyl (C=O) groups excluding carboxylic acids is 2. The summed E-state index contributed by atoms with van der Waals surface area (Å²) < 4.78 is 6.71. The third-order valence-corrected chi connectivity index (χ3v) is 8.08. The number of benzene rings is 1. The third kappa shape index (κ3) is 4.44. The summed E-state index contributed by atoms with van der Waals surface area (Å²) in [5.41, 5.74) is -1.02. The SMILES string of the molecule is O=C(C[N+]12CCC(CC1)C(OC(=O)[C@](O)(c1ccccc1)C1CCCC1)C2)Nc1cnccn1. The molecule has 1 unspecified atom stereocenters. The summed E-state index contributed by atoms with van der Waals surface area (Å²) in [6, 6.07) is 9.23. The van der Waals surface area contributed by atoms with Gasteiger partial charge in [-0.15, -0.1) is 0 Å². The maximum atomic E-state index is 13.6. The Labute approximate surface area is 199 Å². The number of fused-ring (bicyclic) bond motifs is 3. The van der Waals surface area contributed by atoms with Gasteiger partial charge < -0.3 is 19.6 Å². The van der Waals surface area contributed by atoms with Crippen LogP contribution in [-0.4, -0.2) is 63.7 Å². The van der Waals surface area contributed by atoms with Gasteiger partial charge in [-0.25, -0.2) is 9.78 Å². The van der Waals surface area contributed by atoms with Crippen LogP contribution in [0.4, 0.5) is 5.82 Å². The molecule has 2 N–H and O–H groups in total. The van der Waals surface area contributed by atoms with Gasteiger partial charge in [0.05, 0.1) is 19.3 Å². The number of hydrogen-bond donors (Lipinski definition) is 2. The fourth-order valence-corrected chi connectivity index (χ4v) is 6.21. The number of anilines is 1. The number of aliphatic hydroxyl groups is 1. The van der Waals surface area contributed by atoms with E-state index in [-0.39, 0.29) is 23.8 Å². The van der Waals surface area contributed by atoms with Gasteiger partial charge in [0, 0.05) is 37.1 Å². The van der Waals surface area contributed by atoms with E-state index in [1.807, 2.05) is 30.3 Å². The summed E-state index contributed by atoms with van der Waals surface area (Å²) in [5, 5.41) is 14.6. The van der Waals surface area contributed by atoms with E-state index in [2.05, 4.69) is 15.3 Å². The Balaban J connectivity index is 1.30. The van der Waals surface area contributed by atoms with E-state index in [9.17, 15) is 14.7 Å². The van der Waals surface area contributed by atoms with Crippen molar-refractivity contribution < 1.29 is 23.9 Å². The molecule has 34 heavy (non-hydrogen) atoms. The second-order valence-corrected chi connectivity index (χ2v) is 10.2. The Hall–Kier alpha value is -2.84. The van der Waals surface area contributed by atoms with E-state index in [0.29, 0.717) is 29.0 Å². The number of rotatable bonds is 7. The van der Waals surface area contributed by atoms with Crippen LogP contribution in [0.15, 0.2) is 48.9 Å². The highest BCUT2D eigenvalue weighted by Crippen LogP contribution is 2.43. The number of piperidine rings is 3. The number of amides is 1. The van der Waals surface area contributed by atoms with Crippen molar-refractivity contribution >= 4 is 17.7 Å². The molecule has 1 saturated carbocycles. The van der Waals surface area contributed by atoms with Crippen molar-refractivity contribution in [3.8, 4) is 0 Å². The number of esters is 1. The zero-order chi connectivity index (χ0) is 23.6. The zero-order valence-corrected chi connectivity index (χ0v) is 19.4. The molecular weight excluding hydrogens is 432 g/mol. The van der Waals surface area contributed by atoms with E-state index >= 15 is 0 Å². The minimum absolute atomic E-state index is 0.113. The van der Waals surface area contributed by atoms with Crippen LogP contribution in [0, 0.1) is 11.8 Å². The van der Waals surface area contributed by atoms with E-state index in [1.54, 1.807) is 12.4 Å². The van der Waals surface area contributed by atoms with Crippen molar-refractivity contribution in [2.75, 3.05) is 31.5 Å². The molecule has 6 rings (SSSR count). The normalized spacial score (nSPS) is 28.3. The molecule has 1 aromatic carbocycles. The van der Waals surface area contributed by atoms with Gasteiger partial charge in [0.2, 0.25) is 0 Å². The van der Waals surface area contributed by atoms with Crippen LogP contribution in [0.2, 0.25) is 0 Å². The smallest absolute Gasteiger partial charge is 0.343 e. The van der Waals surface area contributed by atoms with Crippen molar-refractivity contribution in [1.29, 1.82) is 0 Å². The Morgan fingerprint density at radius 1 is 1.09 bits per heavy atom. The van der Waals surface area contributed by atoms with Gasteiger partial charge in [0.1, 0.15) is 6.54 Å². The van der Waals surface area contributed by atoms with Crippen molar-refractivity contribution in [3.63, 3.8) is 0 Å². The molecule has 1 amide bonds. The molecule has 1 aromatic heterocycles. The van der Waals surface area contributed by atoms with E-state index in [4.69, 9.17) is 4.74 Å². The molecule has 4 fully saturated rings. The fourth-order valence-electron chi connectivity index (χ4n) is 6.21. The molecule has 3 saturated heterocycles. The number of ether oxygens (including phenoxy) is 1. The van der Waals surface area contributed by atoms with Crippen LogP contribution in [0.3, 0.4) is 0 Å². The highest BCUT2D eigenvalue weighted by molar-refractivity contribution is 5.90. The van der Waals surface area contributed by atoms with Crippen LogP contribution in [-0.2, 0) is 19.9 Å². The second kappa shape index (κ2) is 9.43. The summed E-state index contributed by atoms with van der Waals surface area (Å²) in [6.45, 7) is 2.68. The number of nitrogens with one attached hydrogen (secondary N) is 1. The minimum Gasteiger partial charge on any atom is -0.454 e. The number of carbonyl (C=O) groups is 2. The summed E-state index contributed by atoms with van der Waals surface area (Å²) in [5.74, 6) is -0.0748. The van der Waals surface area contributed by atoms with Gasteiger partial charge in [-0.2, -0.15) is 0 Å². The van der Waals surface area contributed by atoms with Crippen LogP contribution >= 0.6 is 0 Å². The van der Waals surface area contributed by atoms with Crippen LogP contribution in [0.25, 0.3) is 0 Å². The first kappa shape index (κ1) is 22.9. The molecule has 0 radical (unpaired) electrons. The molecule has 2 aromatic rings. The molecule has 8 nitrogen and oxygen atoms in total. The lowest BCUT2D eigenvalue weighted by molar-refractivity contribution is -0.939.